The molecule has 1 amide bonds. The number of nitrogens with one attached hydrogen (secondary N) is 1. The molecule has 3 rings (SSSR count). The molecule has 0 aromatic heterocycles. The van der Waals surface area contributed by atoms with Crippen molar-refractivity contribution in [3.8, 4) is 5.75 Å². The van der Waals surface area contributed by atoms with E-state index in [1.165, 1.54) is 13.4 Å². The molecule has 0 saturated heterocycles. The van der Waals surface area contributed by atoms with Crippen LogP contribution in [0.4, 0.5) is 0 Å². The lowest BCUT2D eigenvalue weighted by atomic mass is 9.98. The Labute approximate surface area is 171 Å². The van der Waals surface area contributed by atoms with E-state index in [4.69, 9.17) is 4.74 Å². The first kappa shape index (κ1) is 20.6. The first-order chi connectivity index (χ1) is 13.8. The van der Waals surface area contributed by atoms with Gasteiger partial charge in [0, 0.05) is 6.26 Å². The summed E-state index contributed by atoms with van der Waals surface area (Å²) < 4.78 is 29.3. The van der Waals surface area contributed by atoms with E-state index in [1.807, 2.05) is 43.3 Å². The lowest BCUT2D eigenvalue weighted by molar-refractivity contribution is 0.0940. The van der Waals surface area contributed by atoms with Crippen LogP contribution in [0.3, 0.4) is 0 Å². The number of hydrogen-bond acceptors (Lipinski definition) is 4. The van der Waals surface area contributed by atoms with Crippen LogP contribution in [0.1, 0.15) is 33.1 Å². The average Bonchev–Trinajstić information content (AvgIpc) is 2.72. The zero-order valence-corrected chi connectivity index (χ0v) is 17.4. The van der Waals surface area contributed by atoms with Crippen LogP contribution in [-0.2, 0) is 9.84 Å². The minimum absolute atomic E-state index is 0.207. The second-order valence-corrected chi connectivity index (χ2v) is 8.88. The van der Waals surface area contributed by atoms with E-state index < -0.39 is 15.9 Å². The molecule has 0 aliphatic carbocycles. The molecule has 5 nitrogen and oxygen atoms in total. The van der Waals surface area contributed by atoms with E-state index in [2.05, 4.69) is 5.32 Å². The van der Waals surface area contributed by atoms with Crippen molar-refractivity contribution in [2.45, 2.75) is 17.9 Å². The van der Waals surface area contributed by atoms with Crippen molar-refractivity contribution in [1.29, 1.82) is 0 Å². The number of carbonyl (C=O) groups is 1. The lowest BCUT2D eigenvalue weighted by Crippen LogP contribution is -2.29. The van der Waals surface area contributed by atoms with Crippen molar-refractivity contribution >= 4 is 15.7 Å². The van der Waals surface area contributed by atoms with Crippen molar-refractivity contribution in [2.24, 2.45) is 0 Å². The Hall–Kier alpha value is -3.12. The van der Waals surface area contributed by atoms with Gasteiger partial charge in [0.25, 0.3) is 5.91 Å². The normalized spacial score (nSPS) is 12.2. The smallest absolute Gasteiger partial charge is 0.255 e. The molecule has 0 bridgehead atoms. The largest absolute Gasteiger partial charge is 0.496 e. The first-order valence-corrected chi connectivity index (χ1v) is 11.0. The Morgan fingerprint density at radius 1 is 0.931 bits per heavy atom. The quantitative estimate of drug-likeness (QED) is 0.670. The molecule has 29 heavy (non-hydrogen) atoms. The van der Waals surface area contributed by atoms with Gasteiger partial charge in [-0.05, 0) is 42.3 Å². The molecule has 0 fully saturated rings. The van der Waals surface area contributed by atoms with E-state index in [9.17, 15) is 13.2 Å². The maximum absolute atomic E-state index is 13.1. The lowest BCUT2D eigenvalue weighted by Gasteiger charge is -2.21. The number of benzene rings is 3. The maximum atomic E-state index is 13.1. The topological polar surface area (TPSA) is 72.5 Å². The third kappa shape index (κ3) is 4.84. The number of rotatable bonds is 6. The third-order valence-corrected chi connectivity index (χ3v) is 5.74. The highest BCUT2D eigenvalue weighted by Crippen LogP contribution is 2.26. The van der Waals surface area contributed by atoms with Gasteiger partial charge in [-0.3, -0.25) is 4.79 Å². The Kier molecular flexibility index (Phi) is 6.03. The van der Waals surface area contributed by atoms with Gasteiger partial charge in [0.15, 0.2) is 9.84 Å². The van der Waals surface area contributed by atoms with Gasteiger partial charge < -0.3 is 10.1 Å². The fourth-order valence-electron chi connectivity index (χ4n) is 3.14. The summed E-state index contributed by atoms with van der Waals surface area (Å²) >= 11 is 0. The molecule has 1 N–H and O–H groups in total. The summed E-state index contributed by atoms with van der Waals surface area (Å²) in [5, 5.41) is 3.03. The monoisotopic (exact) mass is 409 g/mol. The molecule has 1 atom stereocenters. The van der Waals surface area contributed by atoms with Crippen LogP contribution in [0.25, 0.3) is 0 Å². The van der Waals surface area contributed by atoms with Gasteiger partial charge in [-0.1, -0.05) is 54.1 Å². The predicted octanol–water partition coefficient (Wildman–Crippen LogP) is 3.93. The van der Waals surface area contributed by atoms with Crippen LogP contribution in [0.2, 0.25) is 0 Å². The van der Waals surface area contributed by atoms with Crippen molar-refractivity contribution in [1.82, 2.24) is 5.32 Å². The van der Waals surface area contributed by atoms with Gasteiger partial charge in [0.05, 0.1) is 23.6 Å². The highest BCUT2D eigenvalue weighted by Gasteiger charge is 2.21. The van der Waals surface area contributed by atoms with Crippen LogP contribution < -0.4 is 10.1 Å². The van der Waals surface area contributed by atoms with E-state index in [-0.39, 0.29) is 10.8 Å². The average molecular weight is 410 g/mol. The van der Waals surface area contributed by atoms with Crippen LogP contribution in [0, 0.1) is 6.92 Å². The molecule has 0 aliphatic rings. The van der Waals surface area contributed by atoms with Gasteiger partial charge in [0.1, 0.15) is 5.75 Å². The third-order valence-electron chi connectivity index (χ3n) is 4.63. The Balaban J connectivity index is 2.05. The van der Waals surface area contributed by atoms with E-state index in [0.717, 1.165) is 11.1 Å². The van der Waals surface area contributed by atoms with Crippen molar-refractivity contribution in [3.63, 3.8) is 0 Å². The standard InChI is InChI=1S/C23H23NO4S/c1-16-12-13-21(28-2)20(14-16)23(25)24-22(17-8-5-4-6-9-17)18-10-7-11-19(15-18)29(3,26)27/h4-15,22H,1-3H3,(H,24,25). The van der Waals surface area contributed by atoms with Gasteiger partial charge in [0.2, 0.25) is 0 Å². The molecule has 0 saturated carbocycles. The molecule has 1 unspecified atom stereocenters. The Morgan fingerprint density at radius 2 is 1.62 bits per heavy atom. The molecule has 0 aliphatic heterocycles. The SMILES string of the molecule is COc1ccc(C)cc1C(=O)NC(c1ccccc1)c1cccc(S(C)(=O)=O)c1. The minimum atomic E-state index is -3.37. The van der Waals surface area contributed by atoms with Crippen LogP contribution >= 0.6 is 0 Å². The number of hydrogen-bond donors (Lipinski definition) is 1. The summed E-state index contributed by atoms with van der Waals surface area (Å²) in [4.78, 5) is 13.3. The van der Waals surface area contributed by atoms with Crippen LogP contribution in [-0.4, -0.2) is 27.7 Å². The summed E-state index contributed by atoms with van der Waals surface area (Å²) in [7, 11) is -1.85. The molecule has 150 valence electrons. The second kappa shape index (κ2) is 8.49. The van der Waals surface area contributed by atoms with E-state index >= 15 is 0 Å². The summed E-state index contributed by atoms with van der Waals surface area (Å²) in [5.41, 5.74) is 2.89. The highest BCUT2D eigenvalue weighted by molar-refractivity contribution is 7.90. The molecule has 6 heteroatoms. The van der Waals surface area contributed by atoms with E-state index in [1.54, 1.807) is 36.4 Å². The molecule has 0 spiro atoms. The fraction of sp³-hybridized carbons (Fsp3) is 0.174. The van der Waals surface area contributed by atoms with Crippen LogP contribution in [0.5, 0.6) is 5.75 Å². The van der Waals surface area contributed by atoms with Crippen molar-refractivity contribution in [2.75, 3.05) is 13.4 Å². The number of methoxy groups -OCH3 is 1. The zero-order chi connectivity index (χ0) is 21.0. The summed E-state index contributed by atoms with van der Waals surface area (Å²) in [6.07, 6.45) is 1.17. The molecular formula is C23H23NO4S. The molecule has 0 heterocycles. The minimum Gasteiger partial charge on any atom is -0.496 e. The van der Waals surface area contributed by atoms with E-state index in [0.29, 0.717) is 16.9 Å². The summed E-state index contributed by atoms with van der Waals surface area (Å²) in [5.74, 6) is 0.175. The molecule has 3 aromatic rings. The molecular weight excluding hydrogens is 386 g/mol. The van der Waals surface area contributed by atoms with Crippen molar-refractivity contribution in [3.05, 3.63) is 95.1 Å². The second-order valence-electron chi connectivity index (χ2n) is 6.87. The van der Waals surface area contributed by atoms with Crippen molar-refractivity contribution < 1.29 is 17.9 Å². The zero-order valence-electron chi connectivity index (χ0n) is 16.5. The van der Waals surface area contributed by atoms with Gasteiger partial charge >= 0.3 is 0 Å². The van der Waals surface area contributed by atoms with Gasteiger partial charge in [-0.25, -0.2) is 8.42 Å². The van der Waals surface area contributed by atoms with Crippen LogP contribution in [0.15, 0.2) is 77.7 Å². The molecule has 3 aromatic carbocycles. The number of carbonyl (C=O) groups excluding carboxylic acids is 1. The van der Waals surface area contributed by atoms with Gasteiger partial charge in [-0.15, -0.1) is 0 Å². The predicted molar refractivity (Wildman–Crippen MR) is 113 cm³/mol. The number of amides is 1. The van der Waals surface area contributed by atoms with Gasteiger partial charge in [-0.2, -0.15) is 0 Å². The Morgan fingerprint density at radius 3 is 2.28 bits per heavy atom. The summed E-state index contributed by atoms with van der Waals surface area (Å²) in [6.45, 7) is 1.90. The maximum Gasteiger partial charge on any atom is 0.255 e. The summed E-state index contributed by atoms with van der Waals surface area (Å²) in [6, 6.07) is 20.9. The first-order valence-electron chi connectivity index (χ1n) is 9.10. The highest BCUT2D eigenvalue weighted by atomic mass is 32.2. The fourth-order valence-corrected chi connectivity index (χ4v) is 3.81. The number of aryl methyl sites for hydroxylation is 1. The number of ether oxygens (including phenoxy) is 1. The molecule has 0 radical (unpaired) electrons. The Bertz CT molecular complexity index is 1120. The number of sulfone groups is 1.